The van der Waals surface area contributed by atoms with Crippen LogP contribution in [0.25, 0.3) is 0 Å². The molecule has 0 fully saturated rings. The van der Waals surface area contributed by atoms with Crippen molar-refractivity contribution < 1.29 is 14.1 Å². The van der Waals surface area contributed by atoms with E-state index in [-0.39, 0.29) is 24.3 Å². The summed E-state index contributed by atoms with van der Waals surface area (Å²) in [5.74, 6) is 1.79. The number of rotatable bonds is 10. The van der Waals surface area contributed by atoms with E-state index in [0.29, 0.717) is 16.8 Å². The fourth-order valence-corrected chi connectivity index (χ4v) is 4.16. The molecule has 4 rings (SSSR count). The third-order valence-electron chi connectivity index (χ3n) is 5.14. The Bertz CT molecular complexity index is 1160. The number of ether oxygens (including phenoxy) is 1. The fourth-order valence-electron chi connectivity index (χ4n) is 3.33. The molecule has 170 valence electrons. The van der Waals surface area contributed by atoms with Crippen molar-refractivity contribution in [1.82, 2.24) is 19.9 Å². The maximum Gasteiger partial charge on any atom is 0.236 e. The summed E-state index contributed by atoms with van der Waals surface area (Å²) < 4.78 is 12.8. The molecule has 0 aliphatic rings. The molecular formula is C24H25N5O3S. The van der Waals surface area contributed by atoms with Crippen molar-refractivity contribution in [2.75, 3.05) is 11.1 Å². The largest absolute Gasteiger partial charge is 0.486 e. The van der Waals surface area contributed by atoms with E-state index >= 15 is 0 Å². The third kappa shape index (κ3) is 5.81. The minimum absolute atomic E-state index is 0.0385. The van der Waals surface area contributed by atoms with E-state index in [1.807, 2.05) is 34.9 Å². The molecule has 1 N–H and O–H groups in total. The van der Waals surface area contributed by atoms with Crippen molar-refractivity contribution in [3.05, 3.63) is 83.9 Å². The highest BCUT2D eigenvalue weighted by atomic mass is 32.2. The highest BCUT2D eigenvalue weighted by Crippen LogP contribution is 2.27. The second kappa shape index (κ2) is 10.8. The van der Waals surface area contributed by atoms with E-state index < -0.39 is 0 Å². The number of aromatic nitrogens is 4. The first-order valence-corrected chi connectivity index (χ1v) is 11.7. The molecule has 9 heteroatoms. The summed E-state index contributed by atoms with van der Waals surface area (Å²) >= 11 is 1.31. The predicted molar refractivity (Wildman–Crippen MR) is 126 cm³/mol. The van der Waals surface area contributed by atoms with E-state index in [0.717, 1.165) is 17.7 Å². The average Bonchev–Trinajstić information content (AvgIpc) is 3.51. The minimum Gasteiger partial charge on any atom is -0.486 e. The SMILES string of the molecule is CCc1ccc(OCc2nnc(SCC(=O)Nc3ccon3)n2C(C)c2ccccc2)cc1. The highest BCUT2D eigenvalue weighted by molar-refractivity contribution is 7.99. The van der Waals surface area contributed by atoms with Crippen LogP contribution in [0.5, 0.6) is 5.75 Å². The van der Waals surface area contributed by atoms with Gasteiger partial charge in [-0.3, -0.25) is 9.36 Å². The number of anilines is 1. The molecule has 8 nitrogen and oxygen atoms in total. The van der Waals surface area contributed by atoms with E-state index in [2.05, 4.69) is 58.8 Å². The molecule has 0 bridgehead atoms. The summed E-state index contributed by atoms with van der Waals surface area (Å²) in [6.07, 6.45) is 2.39. The van der Waals surface area contributed by atoms with Gasteiger partial charge in [0, 0.05) is 6.07 Å². The molecule has 1 atom stereocenters. The maximum absolute atomic E-state index is 12.3. The number of benzene rings is 2. The van der Waals surface area contributed by atoms with E-state index in [1.165, 1.54) is 23.6 Å². The number of nitrogens with zero attached hydrogens (tertiary/aromatic N) is 4. The van der Waals surface area contributed by atoms with Crippen LogP contribution in [0, 0.1) is 0 Å². The Morgan fingerprint density at radius 2 is 1.91 bits per heavy atom. The summed E-state index contributed by atoms with van der Waals surface area (Å²) in [4.78, 5) is 12.3. The average molecular weight is 464 g/mol. The Labute approximate surface area is 196 Å². The van der Waals surface area contributed by atoms with Gasteiger partial charge in [0.05, 0.1) is 11.8 Å². The van der Waals surface area contributed by atoms with Crippen LogP contribution in [0.1, 0.15) is 36.8 Å². The smallest absolute Gasteiger partial charge is 0.236 e. The number of thioether (sulfide) groups is 1. The monoisotopic (exact) mass is 463 g/mol. The van der Waals surface area contributed by atoms with Crippen LogP contribution in [-0.2, 0) is 17.8 Å². The molecule has 2 aromatic heterocycles. The lowest BCUT2D eigenvalue weighted by molar-refractivity contribution is -0.113. The summed E-state index contributed by atoms with van der Waals surface area (Å²) in [7, 11) is 0. The summed E-state index contributed by atoms with van der Waals surface area (Å²) in [6.45, 7) is 4.47. The van der Waals surface area contributed by atoms with Gasteiger partial charge in [0.1, 0.15) is 18.6 Å². The molecule has 0 aliphatic heterocycles. The number of nitrogens with one attached hydrogen (secondary N) is 1. The van der Waals surface area contributed by atoms with Gasteiger partial charge in [-0.25, -0.2) is 0 Å². The lowest BCUT2D eigenvalue weighted by Gasteiger charge is -2.18. The minimum atomic E-state index is -0.204. The summed E-state index contributed by atoms with van der Waals surface area (Å²) in [6, 6.07) is 19.7. The number of amides is 1. The first kappa shape index (κ1) is 22.6. The van der Waals surface area contributed by atoms with Crippen LogP contribution in [-0.4, -0.2) is 31.6 Å². The van der Waals surface area contributed by atoms with Gasteiger partial charge in [0.15, 0.2) is 16.8 Å². The molecule has 0 radical (unpaired) electrons. The van der Waals surface area contributed by atoms with Gasteiger partial charge in [-0.15, -0.1) is 10.2 Å². The Balaban J connectivity index is 1.51. The second-order valence-electron chi connectivity index (χ2n) is 7.36. The predicted octanol–water partition coefficient (Wildman–Crippen LogP) is 4.75. The lowest BCUT2D eigenvalue weighted by Crippen LogP contribution is -2.17. The van der Waals surface area contributed by atoms with Gasteiger partial charge in [-0.05, 0) is 36.6 Å². The standard InChI is InChI=1S/C24H25N5O3S/c1-3-18-9-11-20(12-10-18)31-15-22-26-27-24(29(22)17(2)19-7-5-4-6-8-19)33-16-23(30)25-21-13-14-32-28-21/h4-14,17H,3,15-16H2,1-2H3,(H,25,28,30). The van der Waals surface area contributed by atoms with Gasteiger partial charge in [-0.1, -0.05) is 66.3 Å². The van der Waals surface area contributed by atoms with Crippen molar-refractivity contribution in [1.29, 1.82) is 0 Å². The molecular weight excluding hydrogens is 438 g/mol. The van der Waals surface area contributed by atoms with Crippen LogP contribution in [0.2, 0.25) is 0 Å². The number of hydrogen-bond donors (Lipinski definition) is 1. The zero-order valence-electron chi connectivity index (χ0n) is 18.5. The zero-order chi connectivity index (χ0) is 23.0. The molecule has 0 saturated heterocycles. The molecule has 33 heavy (non-hydrogen) atoms. The van der Waals surface area contributed by atoms with Crippen LogP contribution < -0.4 is 10.1 Å². The lowest BCUT2D eigenvalue weighted by atomic mass is 10.1. The van der Waals surface area contributed by atoms with E-state index in [4.69, 9.17) is 9.26 Å². The van der Waals surface area contributed by atoms with Gasteiger partial charge in [0.2, 0.25) is 5.91 Å². The van der Waals surface area contributed by atoms with Gasteiger partial charge in [-0.2, -0.15) is 0 Å². The van der Waals surface area contributed by atoms with Gasteiger partial charge in [0.25, 0.3) is 0 Å². The normalized spacial score (nSPS) is 11.8. The van der Waals surface area contributed by atoms with Crippen LogP contribution in [0.4, 0.5) is 5.82 Å². The molecule has 0 saturated carbocycles. The van der Waals surface area contributed by atoms with Crippen LogP contribution in [0.15, 0.2) is 76.6 Å². The number of carbonyl (C=O) groups excluding carboxylic acids is 1. The van der Waals surface area contributed by atoms with Crippen molar-refractivity contribution in [2.45, 2.75) is 38.1 Å². The van der Waals surface area contributed by atoms with Crippen molar-refractivity contribution in [3.63, 3.8) is 0 Å². The van der Waals surface area contributed by atoms with Crippen molar-refractivity contribution in [2.24, 2.45) is 0 Å². The molecule has 4 aromatic rings. The highest BCUT2D eigenvalue weighted by Gasteiger charge is 2.20. The van der Waals surface area contributed by atoms with Crippen molar-refractivity contribution in [3.8, 4) is 5.75 Å². The molecule has 1 amide bonds. The van der Waals surface area contributed by atoms with Gasteiger partial charge < -0.3 is 14.6 Å². The Hall–Kier alpha value is -3.59. The fraction of sp³-hybridized carbons (Fsp3) is 0.250. The molecule has 1 unspecified atom stereocenters. The zero-order valence-corrected chi connectivity index (χ0v) is 19.3. The first-order valence-electron chi connectivity index (χ1n) is 10.7. The summed E-state index contributed by atoms with van der Waals surface area (Å²) in [5, 5.41) is 15.8. The van der Waals surface area contributed by atoms with Gasteiger partial charge >= 0.3 is 0 Å². The van der Waals surface area contributed by atoms with E-state index in [9.17, 15) is 4.79 Å². The summed E-state index contributed by atoms with van der Waals surface area (Å²) in [5.41, 5.74) is 2.37. The number of hydrogen-bond acceptors (Lipinski definition) is 7. The third-order valence-corrected chi connectivity index (χ3v) is 6.08. The first-order chi connectivity index (χ1) is 16.1. The number of carbonyl (C=O) groups is 1. The number of aryl methyl sites for hydroxylation is 1. The Morgan fingerprint density at radius 1 is 1.12 bits per heavy atom. The maximum atomic E-state index is 12.3. The quantitative estimate of drug-likeness (QED) is 0.339. The molecule has 0 aliphatic carbocycles. The Kier molecular flexibility index (Phi) is 7.41. The van der Waals surface area contributed by atoms with Crippen molar-refractivity contribution >= 4 is 23.5 Å². The topological polar surface area (TPSA) is 95.1 Å². The van der Waals surface area contributed by atoms with Crippen LogP contribution in [0.3, 0.4) is 0 Å². The molecule has 2 aromatic carbocycles. The molecule has 0 spiro atoms. The second-order valence-corrected chi connectivity index (χ2v) is 8.31. The van der Waals surface area contributed by atoms with E-state index in [1.54, 1.807) is 6.07 Å². The molecule has 2 heterocycles. The van der Waals surface area contributed by atoms with Crippen LogP contribution >= 0.6 is 11.8 Å². The Morgan fingerprint density at radius 3 is 2.61 bits per heavy atom.